The van der Waals surface area contributed by atoms with Gasteiger partial charge in [0, 0.05) is 24.2 Å². The first kappa shape index (κ1) is 22.5. The molecule has 0 fully saturated rings. The van der Waals surface area contributed by atoms with Crippen molar-refractivity contribution in [2.75, 3.05) is 20.7 Å². The lowest BCUT2D eigenvalue weighted by atomic mass is 10.1. The van der Waals surface area contributed by atoms with Gasteiger partial charge in [-0.15, -0.1) is 12.4 Å². The van der Waals surface area contributed by atoms with Crippen molar-refractivity contribution in [3.63, 3.8) is 0 Å². The topological polar surface area (TPSA) is 84.7 Å². The Kier molecular flexibility index (Phi) is 9.73. The number of hydrogen-bond donors (Lipinski definition) is 2. The normalized spacial score (nSPS) is 11.5. The van der Waals surface area contributed by atoms with Crippen molar-refractivity contribution in [3.05, 3.63) is 28.8 Å². The van der Waals surface area contributed by atoms with Crippen LogP contribution in [-0.4, -0.2) is 43.5 Å². The molecular weight excluding hydrogens is 353 g/mol. The van der Waals surface area contributed by atoms with Crippen LogP contribution in [-0.2, 0) is 16.1 Å². The quantitative estimate of drug-likeness (QED) is 0.758. The third-order valence-electron chi connectivity index (χ3n) is 3.51. The molecule has 0 aliphatic carbocycles. The smallest absolute Gasteiger partial charge is 0.242 e. The number of nitrogens with two attached hydrogens (primary N) is 1. The minimum absolute atomic E-state index is 0. The molecular formula is C16H25Cl2N3O3. The molecule has 2 amide bonds. The van der Waals surface area contributed by atoms with Gasteiger partial charge in [0.2, 0.25) is 11.8 Å². The molecule has 1 aromatic carbocycles. The Hall–Kier alpha value is -1.50. The highest BCUT2D eigenvalue weighted by molar-refractivity contribution is 6.30. The summed E-state index contributed by atoms with van der Waals surface area (Å²) >= 11 is 5.97. The number of nitrogens with zero attached hydrogens (tertiary/aromatic N) is 1. The van der Waals surface area contributed by atoms with Crippen LogP contribution in [0.4, 0.5) is 0 Å². The lowest BCUT2D eigenvalue weighted by molar-refractivity contribution is -0.132. The van der Waals surface area contributed by atoms with Crippen molar-refractivity contribution in [2.24, 2.45) is 11.7 Å². The van der Waals surface area contributed by atoms with Gasteiger partial charge in [0.25, 0.3) is 0 Å². The van der Waals surface area contributed by atoms with E-state index >= 15 is 0 Å². The molecule has 1 aromatic rings. The first-order chi connectivity index (χ1) is 10.8. The predicted octanol–water partition coefficient (Wildman–Crippen LogP) is 1.83. The van der Waals surface area contributed by atoms with Crippen LogP contribution in [0.2, 0.25) is 5.02 Å². The highest BCUT2D eigenvalue weighted by Gasteiger charge is 2.19. The zero-order chi connectivity index (χ0) is 17.6. The van der Waals surface area contributed by atoms with Crippen molar-refractivity contribution in [1.29, 1.82) is 0 Å². The summed E-state index contributed by atoms with van der Waals surface area (Å²) in [4.78, 5) is 25.4. The standard InChI is InChI=1S/C16H24ClN3O3.ClH/c1-10(2)15(18)16(22)19-8-14(21)20(3)9-11-7-12(17)5-6-13(11)23-4;/h5-7,10,15H,8-9,18H2,1-4H3,(H,19,22);1H/t15-;/m0./s1. The Bertz CT molecular complexity index is 567. The second-order valence-electron chi connectivity index (χ2n) is 5.69. The van der Waals surface area contributed by atoms with Gasteiger partial charge < -0.3 is 20.7 Å². The average Bonchev–Trinajstić information content (AvgIpc) is 2.51. The second-order valence-corrected chi connectivity index (χ2v) is 6.13. The molecule has 0 unspecified atom stereocenters. The summed E-state index contributed by atoms with van der Waals surface area (Å²) in [7, 11) is 3.21. The van der Waals surface area contributed by atoms with E-state index < -0.39 is 6.04 Å². The predicted molar refractivity (Wildman–Crippen MR) is 97.5 cm³/mol. The average molecular weight is 378 g/mol. The molecule has 1 atom stereocenters. The highest BCUT2D eigenvalue weighted by atomic mass is 35.5. The molecule has 0 aliphatic heterocycles. The van der Waals surface area contributed by atoms with Crippen molar-refractivity contribution in [1.82, 2.24) is 10.2 Å². The monoisotopic (exact) mass is 377 g/mol. The van der Waals surface area contributed by atoms with E-state index in [1.165, 1.54) is 4.90 Å². The van der Waals surface area contributed by atoms with E-state index in [0.717, 1.165) is 5.56 Å². The van der Waals surface area contributed by atoms with Crippen molar-refractivity contribution >= 4 is 35.8 Å². The fourth-order valence-corrected chi connectivity index (χ4v) is 2.13. The summed E-state index contributed by atoms with van der Waals surface area (Å²) in [6.45, 7) is 3.93. The Morgan fingerprint density at radius 3 is 2.54 bits per heavy atom. The Balaban J connectivity index is 0.00000529. The molecule has 3 N–H and O–H groups in total. The van der Waals surface area contributed by atoms with E-state index in [4.69, 9.17) is 22.1 Å². The minimum atomic E-state index is -0.624. The number of carbonyl (C=O) groups excluding carboxylic acids is 2. The van der Waals surface area contributed by atoms with Gasteiger partial charge >= 0.3 is 0 Å². The third kappa shape index (κ3) is 6.55. The molecule has 0 saturated carbocycles. The highest BCUT2D eigenvalue weighted by Crippen LogP contribution is 2.23. The van der Waals surface area contributed by atoms with Crippen LogP contribution in [0.25, 0.3) is 0 Å². The number of likely N-dealkylation sites (N-methyl/N-ethyl adjacent to an activating group) is 1. The summed E-state index contributed by atoms with van der Waals surface area (Å²) in [5.41, 5.74) is 6.52. The van der Waals surface area contributed by atoms with E-state index in [9.17, 15) is 9.59 Å². The summed E-state index contributed by atoms with van der Waals surface area (Å²) in [6.07, 6.45) is 0. The fourth-order valence-electron chi connectivity index (χ4n) is 1.93. The molecule has 0 heterocycles. The van der Waals surface area contributed by atoms with Crippen molar-refractivity contribution < 1.29 is 14.3 Å². The van der Waals surface area contributed by atoms with Gasteiger partial charge in [-0.3, -0.25) is 9.59 Å². The molecule has 0 aliphatic rings. The number of nitrogens with one attached hydrogen (secondary N) is 1. The largest absolute Gasteiger partial charge is 0.496 e. The van der Waals surface area contributed by atoms with E-state index in [0.29, 0.717) is 17.3 Å². The van der Waals surface area contributed by atoms with Crippen LogP contribution < -0.4 is 15.8 Å². The third-order valence-corrected chi connectivity index (χ3v) is 3.75. The molecule has 0 saturated heterocycles. The van der Waals surface area contributed by atoms with E-state index in [1.807, 2.05) is 13.8 Å². The molecule has 6 nitrogen and oxygen atoms in total. The first-order valence-electron chi connectivity index (χ1n) is 7.36. The molecule has 0 aromatic heterocycles. The summed E-state index contributed by atoms with van der Waals surface area (Å²) in [5, 5.41) is 3.13. The lowest BCUT2D eigenvalue weighted by Gasteiger charge is -2.20. The number of methoxy groups -OCH3 is 1. The van der Waals surface area contributed by atoms with Crippen LogP contribution in [0.1, 0.15) is 19.4 Å². The van der Waals surface area contributed by atoms with Crippen LogP contribution >= 0.6 is 24.0 Å². The lowest BCUT2D eigenvalue weighted by Crippen LogP contribution is -2.47. The summed E-state index contributed by atoms with van der Waals surface area (Å²) < 4.78 is 5.25. The van der Waals surface area contributed by atoms with E-state index in [2.05, 4.69) is 5.32 Å². The Morgan fingerprint density at radius 2 is 2.00 bits per heavy atom. The molecule has 24 heavy (non-hydrogen) atoms. The summed E-state index contributed by atoms with van der Waals surface area (Å²) in [6, 6.07) is 4.59. The molecule has 0 spiro atoms. The van der Waals surface area contributed by atoms with Gasteiger partial charge in [0.15, 0.2) is 0 Å². The zero-order valence-electron chi connectivity index (χ0n) is 14.3. The maximum atomic E-state index is 12.1. The Morgan fingerprint density at radius 1 is 1.38 bits per heavy atom. The van der Waals surface area contributed by atoms with Gasteiger partial charge in [-0.2, -0.15) is 0 Å². The van der Waals surface area contributed by atoms with Gasteiger partial charge in [-0.05, 0) is 24.1 Å². The minimum Gasteiger partial charge on any atom is -0.496 e. The fraction of sp³-hybridized carbons (Fsp3) is 0.500. The first-order valence-corrected chi connectivity index (χ1v) is 7.73. The SMILES string of the molecule is COc1ccc(Cl)cc1CN(C)C(=O)CNC(=O)[C@@H](N)C(C)C.Cl. The number of ether oxygens (including phenoxy) is 1. The molecule has 0 bridgehead atoms. The van der Waals surface area contributed by atoms with Gasteiger partial charge in [0.1, 0.15) is 5.75 Å². The molecule has 0 radical (unpaired) electrons. The van der Waals surface area contributed by atoms with Crippen molar-refractivity contribution in [2.45, 2.75) is 26.4 Å². The Labute approximate surface area is 154 Å². The van der Waals surface area contributed by atoms with Crippen molar-refractivity contribution in [3.8, 4) is 5.75 Å². The maximum absolute atomic E-state index is 12.1. The van der Waals surface area contributed by atoms with Crippen LogP contribution in [0, 0.1) is 5.92 Å². The second kappa shape index (κ2) is 10.4. The number of hydrogen-bond acceptors (Lipinski definition) is 4. The maximum Gasteiger partial charge on any atom is 0.242 e. The van der Waals surface area contributed by atoms with E-state index in [-0.39, 0.29) is 36.7 Å². The molecule has 1 rings (SSSR count). The van der Waals surface area contributed by atoms with Crippen LogP contribution in [0.5, 0.6) is 5.75 Å². The van der Waals surface area contributed by atoms with Gasteiger partial charge in [-0.25, -0.2) is 0 Å². The molecule has 136 valence electrons. The van der Waals surface area contributed by atoms with Gasteiger partial charge in [-0.1, -0.05) is 25.4 Å². The summed E-state index contributed by atoms with van der Waals surface area (Å²) in [5.74, 6) is 0.108. The number of rotatable bonds is 7. The molecule has 8 heteroatoms. The number of benzene rings is 1. The van der Waals surface area contributed by atoms with E-state index in [1.54, 1.807) is 32.4 Å². The van der Waals surface area contributed by atoms with Gasteiger partial charge in [0.05, 0.1) is 19.7 Å². The zero-order valence-corrected chi connectivity index (χ0v) is 15.9. The van der Waals surface area contributed by atoms with Crippen LogP contribution in [0.15, 0.2) is 18.2 Å². The number of carbonyl (C=O) groups is 2. The number of amides is 2. The van der Waals surface area contributed by atoms with Crippen LogP contribution in [0.3, 0.4) is 0 Å². The number of halogens is 2.